The van der Waals surface area contributed by atoms with Crippen molar-refractivity contribution in [1.82, 2.24) is 0 Å². The molecule has 0 bridgehead atoms. The number of carboxylic acid groups (broad SMARTS) is 1. The van der Waals surface area contributed by atoms with Crippen molar-refractivity contribution in [3.63, 3.8) is 0 Å². The number of anilines is 1. The number of aromatic carboxylic acids is 1. The van der Waals surface area contributed by atoms with Crippen LogP contribution >= 0.6 is 11.3 Å². The molecule has 0 aliphatic rings. The fraction of sp³-hybridized carbons (Fsp3) is 0.263. The highest BCUT2D eigenvalue weighted by Crippen LogP contribution is 2.29. The van der Waals surface area contributed by atoms with Crippen LogP contribution < -0.4 is 10.1 Å². The normalized spacial score (nSPS) is 11.3. The van der Waals surface area contributed by atoms with E-state index in [2.05, 4.69) is 16.9 Å². The summed E-state index contributed by atoms with van der Waals surface area (Å²) in [5, 5.41) is 12.4. The Bertz CT molecular complexity index is 830. The van der Waals surface area contributed by atoms with Crippen molar-refractivity contribution < 1.29 is 19.0 Å². The molecule has 0 unspecified atom stereocenters. The number of hydrogen-bond donors (Lipinski definition) is 2. The first kappa shape index (κ1) is 19.7. The number of carboxylic acids is 1. The van der Waals surface area contributed by atoms with Gasteiger partial charge in [-0.15, -0.1) is 11.3 Å². The Balaban J connectivity index is 2.47. The summed E-state index contributed by atoms with van der Waals surface area (Å²) in [6, 6.07) is 5.76. The van der Waals surface area contributed by atoms with Gasteiger partial charge in [0.2, 0.25) is 0 Å². The van der Waals surface area contributed by atoms with Crippen LogP contribution in [-0.4, -0.2) is 23.5 Å². The minimum absolute atomic E-state index is 0.242. The Hall–Kier alpha value is -2.67. The van der Waals surface area contributed by atoms with Crippen LogP contribution in [0, 0.1) is 5.82 Å². The lowest BCUT2D eigenvalue weighted by Crippen LogP contribution is -2.15. The van der Waals surface area contributed by atoms with Gasteiger partial charge in [0.1, 0.15) is 22.3 Å². The molecule has 0 aliphatic carbocycles. The van der Waals surface area contributed by atoms with Crippen LogP contribution in [0.1, 0.15) is 40.4 Å². The van der Waals surface area contributed by atoms with Gasteiger partial charge in [-0.05, 0) is 31.5 Å². The standard InChI is InChI=1S/C19H21FN2O3S/c1-4-7-16-13(11-17(26-16)19(23)24)18(21-5-2)22-14-9-8-12(20)10-15(14)25-6-3/h5,8-11H,2,4,6-7H2,1,3H3,(H,21,22)(H,23,24). The third kappa shape index (κ3) is 4.70. The number of aliphatic imine (C=N–C) groups is 1. The maximum absolute atomic E-state index is 13.5. The zero-order valence-corrected chi connectivity index (χ0v) is 15.5. The molecule has 0 aliphatic heterocycles. The molecule has 0 radical (unpaired) electrons. The fourth-order valence-corrected chi connectivity index (χ4v) is 3.51. The molecule has 138 valence electrons. The largest absolute Gasteiger partial charge is 0.492 e. The van der Waals surface area contributed by atoms with E-state index >= 15 is 0 Å². The lowest BCUT2D eigenvalue weighted by atomic mass is 10.1. The topological polar surface area (TPSA) is 70.9 Å². The van der Waals surface area contributed by atoms with Gasteiger partial charge in [-0.3, -0.25) is 0 Å². The maximum atomic E-state index is 13.5. The second-order valence-electron chi connectivity index (χ2n) is 5.36. The number of hydrogen-bond acceptors (Lipinski definition) is 4. The zero-order chi connectivity index (χ0) is 19.1. The maximum Gasteiger partial charge on any atom is 0.345 e. The van der Waals surface area contributed by atoms with Crippen molar-refractivity contribution in [3.05, 3.63) is 58.2 Å². The summed E-state index contributed by atoms with van der Waals surface area (Å²) in [5.74, 6) is -0.584. The van der Waals surface area contributed by atoms with Crippen LogP contribution in [0.25, 0.3) is 0 Å². The van der Waals surface area contributed by atoms with E-state index < -0.39 is 11.8 Å². The van der Waals surface area contributed by atoms with Gasteiger partial charge < -0.3 is 15.2 Å². The molecule has 0 spiro atoms. The summed E-state index contributed by atoms with van der Waals surface area (Å²) in [4.78, 5) is 16.8. The van der Waals surface area contributed by atoms with Crippen LogP contribution in [0.4, 0.5) is 10.1 Å². The van der Waals surface area contributed by atoms with Crippen molar-refractivity contribution in [2.24, 2.45) is 4.99 Å². The molecule has 26 heavy (non-hydrogen) atoms. The number of ether oxygens (including phenoxy) is 1. The summed E-state index contributed by atoms with van der Waals surface area (Å²) < 4.78 is 19.0. The van der Waals surface area contributed by atoms with Gasteiger partial charge in [0.25, 0.3) is 0 Å². The highest BCUT2D eigenvalue weighted by atomic mass is 32.1. The summed E-state index contributed by atoms with van der Waals surface area (Å²) in [6.07, 6.45) is 2.97. The predicted molar refractivity (Wildman–Crippen MR) is 103 cm³/mol. The third-order valence-corrected chi connectivity index (χ3v) is 4.65. The lowest BCUT2D eigenvalue weighted by Gasteiger charge is -2.14. The van der Waals surface area contributed by atoms with E-state index in [-0.39, 0.29) is 4.88 Å². The predicted octanol–water partition coefficient (Wildman–Crippen LogP) is 4.94. The molecule has 5 nitrogen and oxygen atoms in total. The van der Waals surface area contributed by atoms with Gasteiger partial charge in [0.15, 0.2) is 0 Å². The van der Waals surface area contributed by atoms with Gasteiger partial charge in [-0.2, -0.15) is 0 Å². The quantitative estimate of drug-likeness (QED) is 0.506. The average Bonchev–Trinajstić information content (AvgIpc) is 3.01. The van der Waals surface area contributed by atoms with Crippen molar-refractivity contribution in [1.29, 1.82) is 0 Å². The highest BCUT2D eigenvalue weighted by Gasteiger charge is 2.18. The number of rotatable bonds is 8. The minimum atomic E-state index is -0.978. The van der Waals surface area contributed by atoms with E-state index in [0.717, 1.165) is 17.7 Å². The highest BCUT2D eigenvalue weighted by molar-refractivity contribution is 7.14. The fourth-order valence-electron chi connectivity index (χ4n) is 2.41. The van der Waals surface area contributed by atoms with E-state index in [1.165, 1.54) is 29.7 Å². The molecule has 0 saturated carbocycles. The van der Waals surface area contributed by atoms with E-state index in [1.807, 2.05) is 13.8 Å². The van der Waals surface area contributed by atoms with Crippen LogP contribution in [0.2, 0.25) is 0 Å². The second kappa shape index (κ2) is 9.15. The molecular formula is C19H21FN2O3S. The van der Waals surface area contributed by atoms with Crippen molar-refractivity contribution in [2.75, 3.05) is 11.9 Å². The molecule has 0 atom stereocenters. The number of halogens is 1. The number of carbonyl (C=O) groups is 1. The minimum Gasteiger partial charge on any atom is -0.492 e. The molecule has 2 aromatic rings. The van der Waals surface area contributed by atoms with Crippen LogP contribution in [0.3, 0.4) is 0 Å². The monoisotopic (exact) mass is 376 g/mol. The van der Waals surface area contributed by atoms with Gasteiger partial charge >= 0.3 is 5.97 Å². The Morgan fingerprint density at radius 3 is 2.81 bits per heavy atom. The SMILES string of the molecule is C=CN=C(Nc1ccc(F)cc1OCC)c1cc(C(=O)O)sc1CCC. The van der Waals surface area contributed by atoms with Gasteiger partial charge in [0, 0.05) is 22.7 Å². The van der Waals surface area contributed by atoms with Crippen LogP contribution in [0.15, 0.2) is 42.0 Å². The van der Waals surface area contributed by atoms with Crippen molar-refractivity contribution in [2.45, 2.75) is 26.7 Å². The lowest BCUT2D eigenvalue weighted by molar-refractivity contribution is 0.0702. The molecule has 0 saturated heterocycles. The van der Waals surface area contributed by atoms with Crippen LogP contribution in [0.5, 0.6) is 5.75 Å². The molecular weight excluding hydrogens is 355 g/mol. The number of nitrogens with one attached hydrogen (secondary N) is 1. The molecule has 1 aromatic carbocycles. The Morgan fingerprint density at radius 1 is 1.42 bits per heavy atom. The second-order valence-corrected chi connectivity index (χ2v) is 6.50. The van der Waals surface area contributed by atoms with E-state index in [1.54, 1.807) is 12.1 Å². The van der Waals surface area contributed by atoms with Gasteiger partial charge in [-0.25, -0.2) is 14.2 Å². The zero-order valence-electron chi connectivity index (χ0n) is 14.7. The van der Waals surface area contributed by atoms with Crippen LogP contribution in [-0.2, 0) is 6.42 Å². The number of thiophene rings is 1. The first-order valence-corrected chi connectivity index (χ1v) is 9.06. The molecule has 1 heterocycles. The van der Waals surface area contributed by atoms with Gasteiger partial charge in [0.05, 0.1) is 12.3 Å². The number of benzene rings is 1. The molecule has 7 heteroatoms. The van der Waals surface area contributed by atoms with E-state index in [4.69, 9.17) is 4.74 Å². The van der Waals surface area contributed by atoms with E-state index in [9.17, 15) is 14.3 Å². The summed E-state index contributed by atoms with van der Waals surface area (Å²) in [6.45, 7) is 7.84. The smallest absolute Gasteiger partial charge is 0.345 e. The molecule has 2 N–H and O–H groups in total. The summed E-state index contributed by atoms with van der Waals surface area (Å²) in [7, 11) is 0. The first-order valence-electron chi connectivity index (χ1n) is 8.24. The summed E-state index contributed by atoms with van der Waals surface area (Å²) >= 11 is 1.23. The number of aryl methyl sites for hydroxylation is 1. The Kier molecular flexibility index (Phi) is 6.91. The van der Waals surface area contributed by atoms with Crippen molar-refractivity contribution in [3.8, 4) is 5.75 Å². The third-order valence-electron chi connectivity index (χ3n) is 3.47. The number of nitrogens with zero attached hydrogens (tertiary/aromatic N) is 1. The average molecular weight is 376 g/mol. The number of amidine groups is 1. The molecule has 1 aromatic heterocycles. The summed E-state index contributed by atoms with van der Waals surface area (Å²) in [5.41, 5.74) is 1.24. The Labute approximate surface area is 155 Å². The molecule has 0 fully saturated rings. The molecule has 0 amide bonds. The van der Waals surface area contributed by atoms with Gasteiger partial charge in [-0.1, -0.05) is 19.9 Å². The van der Waals surface area contributed by atoms with Crippen molar-refractivity contribution >= 4 is 28.8 Å². The van der Waals surface area contributed by atoms with E-state index in [0.29, 0.717) is 29.4 Å². The Morgan fingerprint density at radius 2 is 2.19 bits per heavy atom. The molecule has 2 rings (SSSR count). The first-order chi connectivity index (χ1) is 12.5.